The molecule has 2 aromatic rings. The Kier molecular flexibility index (Phi) is 1.46. The minimum Gasteiger partial charge on any atom is -0.329 e. The zero-order chi connectivity index (χ0) is 8.72. The molecule has 2 rings (SSSR count). The zero-order valence-electron chi connectivity index (χ0n) is 7.65. The Morgan fingerprint density at radius 2 is 2.08 bits per heavy atom. The molecule has 0 atom stereocenters. The summed E-state index contributed by atoms with van der Waals surface area (Å²) in [5.41, 5.74) is 1.17. The van der Waals surface area contributed by atoms with Crippen LogP contribution in [0.25, 0.3) is 5.65 Å². The Balaban J connectivity index is 2.71. The summed E-state index contributed by atoms with van der Waals surface area (Å²) in [6.45, 7) is 6.35. The van der Waals surface area contributed by atoms with Gasteiger partial charge in [0.25, 0.3) is 0 Å². The van der Waals surface area contributed by atoms with Crippen molar-refractivity contribution in [2.24, 2.45) is 0 Å². The van der Waals surface area contributed by atoms with Crippen LogP contribution < -0.4 is 0 Å². The normalized spacial score (nSPS) is 11.7. The molecule has 2 aromatic heterocycles. The van der Waals surface area contributed by atoms with Crippen LogP contribution in [0.1, 0.15) is 25.7 Å². The lowest BCUT2D eigenvalue weighted by atomic mass is 10.4. The number of aryl methyl sites for hydroxylation is 1. The van der Waals surface area contributed by atoms with E-state index in [0.29, 0.717) is 6.04 Å². The Morgan fingerprint density at radius 1 is 1.33 bits per heavy atom. The molecule has 0 N–H and O–H groups in total. The smallest absolute Gasteiger partial charge is 0.137 e. The number of aromatic nitrogens is 3. The summed E-state index contributed by atoms with van der Waals surface area (Å²) in [6, 6.07) is 0.499. The molecule has 0 aliphatic rings. The molecule has 0 fully saturated rings. The van der Waals surface area contributed by atoms with Gasteiger partial charge >= 0.3 is 0 Å². The van der Waals surface area contributed by atoms with E-state index in [4.69, 9.17) is 0 Å². The van der Waals surface area contributed by atoms with Gasteiger partial charge in [-0.25, -0.2) is 4.98 Å². The van der Waals surface area contributed by atoms with Crippen molar-refractivity contribution >= 4 is 5.65 Å². The molecular formula is C9H13N3. The van der Waals surface area contributed by atoms with E-state index in [-0.39, 0.29) is 0 Å². The van der Waals surface area contributed by atoms with Gasteiger partial charge < -0.3 is 4.57 Å². The van der Waals surface area contributed by atoms with Crippen LogP contribution in [0, 0.1) is 6.92 Å². The Hall–Kier alpha value is -1.25. The van der Waals surface area contributed by atoms with Gasteiger partial charge in [-0.3, -0.25) is 4.40 Å². The first-order valence-corrected chi connectivity index (χ1v) is 4.20. The number of hydrogen-bond acceptors (Lipinski definition) is 1. The molecule has 2 heterocycles. The summed E-state index contributed by atoms with van der Waals surface area (Å²) in [7, 11) is 0. The third-order valence-corrected chi connectivity index (χ3v) is 2.16. The van der Waals surface area contributed by atoms with Crippen molar-refractivity contribution in [2.45, 2.75) is 26.8 Å². The second-order valence-corrected chi connectivity index (χ2v) is 3.33. The molecule has 0 spiro atoms. The average Bonchev–Trinajstić information content (AvgIpc) is 2.53. The lowest BCUT2D eigenvalue weighted by Gasteiger charge is -2.05. The molecule has 0 radical (unpaired) electrons. The van der Waals surface area contributed by atoms with Crippen LogP contribution in [0.5, 0.6) is 0 Å². The molecule has 0 saturated heterocycles. The van der Waals surface area contributed by atoms with Gasteiger partial charge in [-0.2, -0.15) is 0 Å². The van der Waals surface area contributed by atoms with Crippen LogP contribution >= 0.6 is 0 Å². The van der Waals surface area contributed by atoms with E-state index in [1.807, 2.05) is 13.1 Å². The molecular weight excluding hydrogens is 150 g/mol. The predicted octanol–water partition coefficient (Wildman–Crippen LogP) is 2.03. The van der Waals surface area contributed by atoms with Crippen molar-refractivity contribution in [2.75, 3.05) is 0 Å². The first kappa shape index (κ1) is 7.40. The lowest BCUT2D eigenvalue weighted by molar-refractivity contribution is 0.620. The first-order valence-electron chi connectivity index (χ1n) is 4.20. The predicted molar refractivity (Wildman–Crippen MR) is 48.3 cm³/mol. The maximum absolute atomic E-state index is 4.24. The highest BCUT2D eigenvalue weighted by atomic mass is 15.2. The molecule has 0 aliphatic heterocycles. The van der Waals surface area contributed by atoms with E-state index < -0.39 is 0 Å². The summed E-state index contributed by atoms with van der Waals surface area (Å²) < 4.78 is 4.31. The van der Waals surface area contributed by atoms with Crippen LogP contribution in [0.4, 0.5) is 0 Å². The van der Waals surface area contributed by atoms with Crippen molar-refractivity contribution in [1.82, 2.24) is 14.0 Å². The fraction of sp³-hybridized carbons (Fsp3) is 0.444. The largest absolute Gasteiger partial charge is 0.329 e. The summed E-state index contributed by atoms with van der Waals surface area (Å²) >= 11 is 0. The van der Waals surface area contributed by atoms with Crippen molar-refractivity contribution < 1.29 is 0 Å². The molecule has 0 aromatic carbocycles. The SMILES string of the molecule is Cc1ncc2n(C(C)C)ccn12. The standard InChI is InChI=1S/C9H13N3/c1-7(2)11-4-5-12-8(3)10-6-9(11)12/h4-7H,1-3H3. The average molecular weight is 163 g/mol. The number of fused-ring (bicyclic) bond motifs is 1. The third kappa shape index (κ3) is 0.858. The van der Waals surface area contributed by atoms with Gasteiger partial charge in [0.2, 0.25) is 0 Å². The molecule has 3 nitrogen and oxygen atoms in total. The monoisotopic (exact) mass is 163 g/mol. The molecule has 0 aliphatic carbocycles. The van der Waals surface area contributed by atoms with Gasteiger partial charge in [0, 0.05) is 18.4 Å². The maximum Gasteiger partial charge on any atom is 0.137 e. The van der Waals surface area contributed by atoms with E-state index in [1.54, 1.807) is 0 Å². The highest BCUT2D eigenvalue weighted by Gasteiger charge is 2.05. The summed E-state index contributed by atoms with van der Waals surface area (Å²) in [6.07, 6.45) is 6.06. The molecule has 0 amide bonds. The van der Waals surface area contributed by atoms with Crippen molar-refractivity contribution in [3.8, 4) is 0 Å². The fourth-order valence-electron chi connectivity index (χ4n) is 1.47. The summed E-state index contributed by atoms with van der Waals surface area (Å²) in [5.74, 6) is 1.05. The van der Waals surface area contributed by atoms with Gasteiger partial charge in [0.1, 0.15) is 11.5 Å². The summed E-state index contributed by atoms with van der Waals surface area (Å²) in [4.78, 5) is 4.24. The fourth-order valence-corrected chi connectivity index (χ4v) is 1.47. The molecule has 3 heteroatoms. The quantitative estimate of drug-likeness (QED) is 0.630. The molecule has 0 bridgehead atoms. The van der Waals surface area contributed by atoms with Gasteiger partial charge in [-0.05, 0) is 20.8 Å². The van der Waals surface area contributed by atoms with Gasteiger partial charge in [-0.1, -0.05) is 0 Å². The van der Waals surface area contributed by atoms with Crippen molar-refractivity contribution in [3.63, 3.8) is 0 Å². The van der Waals surface area contributed by atoms with E-state index in [9.17, 15) is 0 Å². The summed E-state index contributed by atoms with van der Waals surface area (Å²) in [5, 5.41) is 0. The van der Waals surface area contributed by atoms with Gasteiger partial charge in [0.05, 0.1) is 6.20 Å². The Bertz CT molecular complexity index is 395. The third-order valence-electron chi connectivity index (χ3n) is 2.16. The Labute approximate surface area is 71.6 Å². The Morgan fingerprint density at radius 3 is 2.75 bits per heavy atom. The second-order valence-electron chi connectivity index (χ2n) is 3.33. The first-order chi connectivity index (χ1) is 5.70. The van der Waals surface area contributed by atoms with Crippen molar-refractivity contribution in [3.05, 3.63) is 24.4 Å². The minimum absolute atomic E-state index is 0.499. The number of nitrogens with zero attached hydrogens (tertiary/aromatic N) is 3. The maximum atomic E-state index is 4.24. The molecule has 64 valence electrons. The topological polar surface area (TPSA) is 22.2 Å². The number of rotatable bonds is 1. The minimum atomic E-state index is 0.499. The van der Waals surface area contributed by atoms with Gasteiger partial charge in [0.15, 0.2) is 0 Å². The van der Waals surface area contributed by atoms with Crippen LogP contribution in [-0.2, 0) is 0 Å². The lowest BCUT2D eigenvalue weighted by Crippen LogP contribution is -1.97. The van der Waals surface area contributed by atoms with E-state index >= 15 is 0 Å². The van der Waals surface area contributed by atoms with Crippen LogP contribution in [-0.4, -0.2) is 14.0 Å². The van der Waals surface area contributed by atoms with Gasteiger partial charge in [-0.15, -0.1) is 0 Å². The molecule has 0 unspecified atom stereocenters. The van der Waals surface area contributed by atoms with Crippen LogP contribution in [0.3, 0.4) is 0 Å². The van der Waals surface area contributed by atoms with E-state index in [0.717, 1.165) is 5.82 Å². The second kappa shape index (κ2) is 2.37. The number of imidazole rings is 2. The van der Waals surface area contributed by atoms with E-state index in [2.05, 4.69) is 40.2 Å². The van der Waals surface area contributed by atoms with Crippen LogP contribution in [0.2, 0.25) is 0 Å². The molecule has 12 heavy (non-hydrogen) atoms. The molecule has 0 saturated carbocycles. The highest BCUT2D eigenvalue weighted by Crippen LogP contribution is 2.13. The zero-order valence-corrected chi connectivity index (χ0v) is 7.65. The number of hydrogen-bond donors (Lipinski definition) is 0. The van der Waals surface area contributed by atoms with Crippen LogP contribution in [0.15, 0.2) is 18.6 Å². The van der Waals surface area contributed by atoms with Crippen molar-refractivity contribution in [1.29, 1.82) is 0 Å². The highest BCUT2D eigenvalue weighted by molar-refractivity contribution is 5.39. The van der Waals surface area contributed by atoms with E-state index in [1.165, 1.54) is 5.65 Å².